The molecule has 0 N–H and O–H groups in total. The maximum atomic E-state index is 11.0. The van der Waals surface area contributed by atoms with Gasteiger partial charge in [0.05, 0.1) is 0 Å². The minimum absolute atomic E-state index is 1.11. The van der Waals surface area contributed by atoms with Crippen molar-refractivity contribution in [2.45, 2.75) is 0 Å². The monoisotopic (exact) mass is 262 g/mol. The zero-order chi connectivity index (χ0) is 10.5. The fourth-order valence-corrected chi connectivity index (χ4v) is 4.12. The summed E-state index contributed by atoms with van der Waals surface area (Å²) in [7, 11) is 0. The van der Waals surface area contributed by atoms with Crippen LogP contribution in [0.4, 0.5) is 0 Å². The third kappa shape index (κ3) is 2.31. The van der Waals surface area contributed by atoms with Gasteiger partial charge in [-0.25, -0.2) is 0 Å². The van der Waals surface area contributed by atoms with Crippen molar-refractivity contribution in [2.75, 3.05) is 0 Å². The Balaban J connectivity index is 2.48. The van der Waals surface area contributed by atoms with Gasteiger partial charge in [-0.2, -0.15) is 0 Å². The topological polar surface area (TPSA) is 17.1 Å². The number of hydrogen-bond acceptors (Lipinski definition) is 1. The van der Waals surface area contributed by atoms with Crippen LogP contribution in [0.25, 0.3) is 0 Å². The molecule has 0 saturated heterocycles. The van der Waals surface area contributed by atoms with E-state index in [0.717, 1.165) is 8.92 Å². The first kappa shape index (κ1) is 10.1. The van der Waals surface area contributed by atoms with Gasteiger partial charge >= 0.3 is 92.6 Å². The van der Waals surface area contributed by atoms with Gasteiger partial charge in [0, 0.05) is 0 Å². The predicted octanol–water partition coefficient (Wildman–Crippen LogP) is 0.945. The van der Waals surface area contributed by atoms with Gasteiger partial charge in [-0.3, -0.25) is 0 Å². The molecular formula is C13H10OSe. The van der Waals surface area contributed by atoms with Crippen LogP contribution in [0.2, 0.25) is 0 Å². The molecule has 0 aliphatic heterocycles. The first-order valence-corrected chi connectivity index (χ1v) is 7.21. The summed E-state index contributed by atoms with van der Waals surface area (Å²) in [6.45, 7) is 0. The van der Waals surface area contributed by atoms with E-state index in [1.807, 2.05) is 60.7 Å². The summed E-state index contributed by atoms with van der Waals surface area (Å²) in [4.78, 5) is 13.2. The minimum atomic E-state index is -1.59. The van der Waals surface area contributed by atoms with Gasteiger partial charge in [0.1, 0.15) is 0 Å². The molecule has 0 unspecified atom stereocenters. The molecule has 1 nitrogen and oxygen atoms in total. The fourth-order valence-electron chi connectivity index (χ4n) is 1.35. The predicted molar refractivity (Wildman–Crippen MR) is 63.6 cm³/mol. The Hall–Kier alpha value is -1.46. The molecule has 0 heterocycles. The zero-order valence-electron chi connectivity index (χ0n) is 8.09. The summed E-state index contributed by atoms with van der Waals surface area (Å²) in [5, 5.41) is 0. The van der Waals surface area contributed by atoms with Gasteiger partial charge in [-0.15, -0.1) is 0 Å². The molecule has 0 aliphatic rings. The second-order valence-electron chi connectivity index (χ2n) is 3.02. The number of rotatable bonds is 2. The molecule has 0 aromatic heterocycles. The van der Waals surface area contributed by atoms with Crippen LogP contribution in [0.3, 0.4) is 0 Å². The van der Waals surface area contributed by atoms with Gasteiger partial charge < -0.3 is 0 Å². The molecule has 2 rings (SSSR count). The van der Waals surface area contributed by atoms with E-state index in [4.69, 9.17) is 0 Å². The average Bonchev–Trinajstić information content (AvgIpc) is 2.33. The van der Waals surface area contributed by atoms with E-state index in [9.17, 15) is 4.79 Å². The van der Waals surface area contributed by atoms with Crippen molar-refractivity contribution in [2.24, 2.45) is 0 Å². The molecule has 0 saturated carbocycles. The van der Waals surface area contributed by atoms with Crippen LogP contribution in [0, 0.1) is 0 Å². The first-order valence-electron chi connectivity index (χ1n) is 4.64. The van der Waals surface area contributed by atoms with Crippen LogP contribution in [-0.2, 0) is 4.79 Å². The second kappa shape index (κ2) is 4.86. The van der Waals surface area contributed by atoms with Crippen LogP contribution >= 0.6 is 0 Å². The van der Waals surface area contributed by atoms with Crippen molar-refractivity contribution < 1.29 is 4.79 Å². The maximum absolute atomic E-state index is 11.0. The summed E-state index contributed by atoms with van der Waals surface area (Å²) in [5.41, 5.74) is 0. The average molecular weight is 261 g/mol. The summed E-state index contributed by atoms with van der Waals surface area (Å²) in [5.74, 6) is 0. The number of carbonyl (C=O) groups excluding carboxylic acids is 1. The van der Waals surface area contributed by atoms with E-state index in [1.165, 1.54) is 0 Å². The molecule has 2 heteroatoms. The van der Waals surface area contributed by atoms with Crippen LogP contribution in [0.15, 0.2) is 60.7 Å². The SMILES string of the molecule is O=C=[Se](c1ccccc1)c1ccccc1. The van der Waals surface area contributed by atoms with Gasteiger partial charge in [0.2, 0.25) is 0 Å². The normalized spacial score (nSPS) is 9.93. The molecular weight excluding hydrogens is 251 g/mol. The van der Waals surface area contributed by atoms with Crippen molar-refractivity contribution in [1.82, 2.24) is 0 Å². The fraction of sp³-hybridized carbons (Fsp3) is 0. The molecule has 74 valence electrons. The van der Waals surface area contributed by atoms with Crippen LogP contribution in [-0.4, -0.2) is 18.2 Å². The summed E-state index contributed by atoms with van der Waals surface area (Å²) in [6.07, 6.45) is 0. The first-order chi connectivity index (χ1) is 7.42. The third-order valence-corrected chi connectivity index (χ3v) is 5.51. The van der Waals surface area contributed by atoms with E-state index >= 15 is 0 Å². The van der Waals surface area contributed by atoms with Crippen LogP contribution in [0.1, 0.15) is 0 Å². The summed E-state index contributed by atoms with van der Waals surface area (Å²) < 4.78 is 2.22. The second-order valence-corrected chi connectivity index (χ2v) is 6.63. The van der Waals surface area contributed by atoms with E-state index in [0.29, 0.717) is 0 Å². The van der Waals surface area contributed by atoms with Crippen molar-refractivity contribution in [3.05, 3.63) is 60.7 Å². The molecule has 0 fully saturated rings. The van der Waals surface area contributed by atoms with E-state index in [-0.39, 0.29) is 0 Å². The Labute approximate surface area is 92.8 Å². The van der Waals surface area contributed by atoms with Crippen LogP contribution < -0.4 is 8.92 Å². The Morgan fingerprint density at radius 2 is 1.13 bits per heavy atom. The van der Waals surface area contributed by atoms with Crippen molar-refractivity contribution in [3.63, 3.8) is 0 Å². The summed E-state index contributed by atoms with van der Waals surface area (Å²) >= 11 is -1.59. The van der Waals surface area contributed by atoms with Crippen molar-refractivity contribution in [1.29, 1.82) is 0 Å². The molecule has 15 heavy (non-hydrogen) atoms. The number of hydrogen-bond donors (Lipinski definition) is 0. The molecule has 0 aliphatic carbocycles. The molecule has 0 radical (unpaired) electrons. The van der Waals surface area contributed by atoms with Gasteiger partial charge in [0.25, 0.3) is 0 Å². The van der Waals surface area contributed by atoms with Gasteiger partial charge in [-0.05, 0) is 0 Å². The van der Waals surface area contributed by atoms with Crippen molar-refractivity contribution in [3.8, 4) is 0 Å². The quantitative estimate of drug-likeness (QED) is 0.735. The van der Waals surface area contributed by atoms with E-state index < -0.39 is 13.5 Å². The molecule has 0 bridgehead atoms. The summed E-state index contributed by atoms with van der Waals surface area (Å²) in [6, 6.07) is 19.8. The Morgan fingerprint density at radius 3 is 1.47 bits per heavy atom. The molecule has 0 amide bonds. The molecule has 2 aromatic rings. The standard InChI is InChI=1S/C13H10OSe/c14-11-15(12-7-3-1-4-8-12)13-9-5-2-6-10-13/h1-10H. The van der Waals surface area contributed by atoms with Crippen LogP contribution in [0.5, 0.6) is 0 Å². The van der Waals surface area contributed by atoms with Gasteiger partial charge in [0.15, 0.2) is 0 Å². The third-order valence-electron chi connectivity index (χ3n) is 2.04. The Morgan fingerprint density at radius 1 is 0.733 bits per heavy atom. The van der Waals surface area contributed by atoms with Gasteiger partial charge in [-0.1, -0.05) is 0 Å². The molecule has 0 atom stereocenters. The van der Waals surface area contributed by atoms with Crippen molar-refractivity contribution >= 4 is 27.2 Å². The molecule has 0 spiro atoms. The molecule has 2 aromatic carbocycles. The Kier molecular flexibility index (Phi) is 3.26. The zero-order valence-corrected chi connectivity index (χ0v) is 9.80. The Bertz CT molecular complexity index is 443. The van der Waals surface area contributed by atoms with E-state index in [2.05, 4.69) is 4.79 Å². The van der Waals surface area contributed by atoms with E-state index in [1.54, 1.807) is 0 Å². The number of benzene rings is 2.